The first kappa shape index (κ1) is 12.4. The number of esters is 1. The highest BCUT2D eigenvalue weighted by Gasteiger charge is 2.21. The van der Waals surface area contributed by atoms with Gasteiger partial charge < -0.3 is 9.47 Å². The van der Waals surface area contributed by atoms with Crippen molar-refractivity contribution in [1.29, 1.82) is 0 Å². The van der Waals surface area contributed by atoms with Gasteiger partial charge >= 0.3 is 5.97 Å². The summed E-state index contributed by atoms with van der Waals surface area (Å²) in [7, 11) is 0. The molecule has 94 valence electrons. The second-order valence-corrected chi connectivity index (χ2v) is 4.19. The van der Waals surface area contributed by atoms with E-state index >= 15 is 0 Å². The highest BCUT2D eigenvalue weighted by atomic mass is 16.5. The predicted octanol–water partition coefficient (Wildman–Crippen LogP) is 2.80. The van der Waals surface area contributed by atoms with E-state index in [9.17, 15) is 4.79 Å². The number of hydrogen-bond acceptors (Lipinski definition) is 3. The Morgan fingerprint density at radius 3 is 2.56 bits per heavy atom. The van der Waals surface area contributed by atoms with Gasteiger partial charge in [-0.25, -0.2) is 4.79 Å². The van der Waals surface area contributed by atoms with Crippen molar-refractivity contribution in [3.05, 3.63) is 59.9 Å². The summed E-state index contributed by atoms with van der Waals surface area (Å²) in [5, 5.41) is 0. The number of ether oxygens (including phenoxy) is 2. The van der Waals surface area contributed by atoms with Crippen LogP contribution in [-0.2, 0) is 14.3 Å². The first-order valence-electron chi connectivity index (χ1n) is 5.90. The Morgan fingerprint density at radius 2 is 1.89 bits per heavy atom. The zero-order valence-electron chi connectivity index (χ0n) is 10.4. The number of allylic oxidation sites excluding steroid dienone is 1. The van der Waals surface area contributed by atoms with Gasteiger partial charge in [0.15, 0.2) is 0 Å². The summed E-state index contributed by atoms with van der Waals surface area (Å²) in [5.41, 5.74) is 1.52. The molecule has 1 aromatic carbocycles. The quantitative estimate of drug-likeness (QED) is 0.750. The Morgan fingerprint density at radius 1 is 1.22 bits per heavy atom. The fourth-order valence-corrected chi connectivity index (χ4v) is 1.89. The van der Waals surface area contributed by atoms with E-state index in [4.69, 9.17) is 9.47 Å². The highest BCUT2D eigenvalue weighted by Crippen LogP contribution is 2.22. The van der Waals surface area contributed by atoms with Crippen LogP contribution in [0.5, 0.6) is 0 Å². The predicted molar refractivity (Wildman–Crippen MR) is 69.0 cm³/mol. The molecular formula is C15H16O3. The Bertz CT molecular complexity index is 474. The maximum absolute atomic E-state index is 11.8. The van der Waals surface area contributed by atoms with Crippen LogP contribution in [0.15, 0.2) is 54.3 Å². The topological polar surface area (TPSA) is 35.5 Å². The van der Waals surface area contributed by atoms with Gasteiger partial charge in [0.05, 0.1) is 18.1 Å². The van der Waals surface area contributed by atoms with Gasteiger partial charge in [0.2, 0.25) is 0 Å². The number of carbonyl (C=O) groups excluding carboxylic acids is 1. The van der Waals surface area contributed by atoms with Gasteiger partial charge in [0, 0.05) is 0 Å². The summed E-state index contributed by atoms with van der Waals surface area (Å²) in [6.45, 7) is 6.18. The third-order valence-corrected chi connectivity index (χ3v) is 2.99. The van der Waals surface area contributed by atoms with E-state index in [1.807, 2.05) is 30.3 Å². The summed E-state index contributed by atoms with van der Waals surface area (Å²) in [6.07, 6.45) is 1.47. The molecule has 0 spiro atoms. The second kappa shape index (κ2) is 5.54. The molecule has 0 fully saturated rings. The Balaban J connectivity index is 2.20. The van der Waals surface area contributed by atoms with Crippen molar-refractivity contribution in [2.75, 3.05) is 13.2 Å². The maximum Gasteiger partial charge on any atom is 0.341 e. The molecule has 2 rings (SSSR count). The summed E-state index contributed by atoms with van der Waals surface area (Å²) >= 11 is 0. The summed E-state index contributed by atoms with van der Waals surface area (Å²) < 4.78 is 10.9. The van der Waals surface area contributed by atoms with Gasteiger partial charge in [0.1, 0.15) is 12.4 Å². The average Bonchev–Trinajstić information content (AvgIpc) is 2.39. The van der Waals surface area contributed by atoms with Gasteiger partial charge in [-0.3, -0.25) is 0 Å². The zero-order valence-corrected chi connectivity index (χ0v) is 10.4. The lowest BCUT2D eigenvalue weighted by atomic mass is 10.0. The Hall–Kier alpha value is -2.03. The standard InChI is InChI=1S/C15H16O3/c1-3-14-11(2)17-9-13(10-18-15(14)16)12-7-5-4-6-8-12/h3-8,13H,1,9-10H2,2H3/b14-11-. The van der Waals surface area contributed by atoms with Crippen LogP contribution in [0.2, 0.25) is 0 Å². The molecule has 1 atom stereocenters. The third kappa shape index (κ3) is 2.62. The van der Waals surface area contributed by atoms with Crippen molar-refractivity contribution in [2.24, 2.45) is 0 Å². The molecule has 0 saturated carbocycles. The van der Waals surface area contributed by atoms with Gasteiger partial charge in [-0.1, -0.05) is 43.0 Å². The van der Waals surface area contributed by atoms with Crippen LogP contribution in [-0.4, -0.2) is 19.2 Å². The van der Waals surface area contributed by atoms with Crippen LogP contribution < -0.4 is 0 Å². The molecule has 1 aliphatic rings. The van der Waals surface area contributed by atoms with Crippen molar-refractivity contribution < 1.29 is 14.3 Å². The minimum atomic E-state index is -0.372. The van der Waals surface area contributed by atoms with E-state index in [2.05, 4.69) is 6.58 Å². The Labute approximate surface area is 107 Å². The average molecular weight is 244 g/mol. The summed E-state index contributed by atoms with van der Waals surface area (Å²) in [4.78, 5) is 11.8. The van der Waals surface area contributed by atoms with Crippen molar-refractivity contribution in [1.82, 2.24) is 0 Å². The summed E-state index contributed by atoms with van der Waals surface area (Å²) in [6, 6.07) is 9.91. The monoisotopic (exact) mass is 244 g/mol. The van der Waals surface area contributed by atoms with Crippen LogP contribution in [0.25, 0.3) is 0 Å². The second-order valence-electron chi connectivity index (χ2n) is 4.19. The van der Waals surface area contributed by atoms with E-state index in [1.165, 1.54) is 6.08 Å². The molecule has 0 N–H and O–H groups in total. The van der Waals surface area contributed by atoms with Gasteiger partial charge in [0.25, 0.3) is 0 Å². The van der Waals surface area contributed by atoms with Crippen molar-refractivity contribution in [3.8, 4) is 0 Å². The molecular weight excluding hydrogens is 228 g/mol. The first-order valence-corrected chi connectivity index (χ1v) is 5.90. The molecule has 0 radical (unpaired) electrons. The SMILES string of the molecule is C=C/C1=C(\C)OCC(c2ccccc2)COC1=O. The van der Waals surface area contributed by atoms with E-state index in [0.29, 0.717) is 24.5 Å². The fourth-order valence-electron chi connectivity index (χ4n) is 1.89. The van der Waals surface area contributed by atoms with Gasteiger partial charge in [-0.05, 0) is 12.5 Å². The van der Waals surface area contributed by atoms with Crippen LogP contribution >= 0.6 is 0 Å². The van der Waals surface area contributed by atoms with E-state index in [1.54, 1.807) is 6.92 Å². The van der Waals surface area contributed by atoms with E-state index in [0.717, 1.165) is 5.56 Å². The van der Waals surface area contributed by atoms with Gasteiger partial charge in [-0.2, -0.15) is 0 Å². The van der Waals surface area contributed by atoms with Crippen molar-refractivity contribution >= 4 is 5.97 Å². The number of hydrogen-bond donors (Lipinski definition) is 0. The molecule has 3 heteroatoms. The number of rotatable bonds is 2. The van der Waals surface area contributed by atoms with Crippen molar-refractivity contribution in [2.45, 2.75) is 12.8 Å². The third-order valence-electron chi connectivity index (χ3n) is 2.99. The lowest BCUT2D eigenvalue weighted by Gasteiger charge is -2.22. The fraction of sp³-hybridized carbons (Fsp3) is 0.267. The van der Waals surface area contributed by atoms with E-state index in [-0.39, 0.29) is 11.9 Å². The van der Waals surface area contributed by atoms with Crippen LogP contribution in [0.3, 0.4) is 0 Å². The summed E-state index contributed by atoms with van der Waals surface area (Å²) in [5.74, 6) is 0.259. The molecule has 1 heterocycles. The lowest BCUT2D eigenvalue weighted by molar-refractivity contribution is -0.140. The number of benzene rings is 1. The molecule has 1 unspecified atom stereocenters. The largest absolute Gasteiger partial charge is 0.497 e. The molecule has 1 aromatic rings. The van der Waals surface area contributed by atoms with E-state index < -0.39 is 0 Å². The molecule has 0 saturated heterocycles. The molecule has 0 aliphatic carbocycles. The van der Waals surface area contributed by atoms with Crippen LogP contribution in [0, 0.1) is 0 Å². The molecule has 0 aromatic heterocycles. The van der Waals surface area contributed by atoms with Crippen LogP contribution in [0.4, 0.5) is 0 Å². The maximum atomic E-state index is 11.8. The smallest absolute Gasteiger partial charge is 0.341 e. The number of cyclic esters (lactones) is 1. The Kier molecular flexibility index (Phi) is 3.82. The molecule has 3 nitrogen and oxygen atoms in total. The van der Waals surface area contributed by atoms with Gasteiger partial charge in [-0.15, -0.1) is 0 Å². The van der Waals surface area contributed by atoms with Crippen molar-refractivity contribution in [3.63, 3.8) is 0 Å². The molecule has 0 bridgehead atoms. The minimum absolute atomic E-state index is 0.0662. The lowest BCUT2D eigenvalue weighted by Crippen LogP contribution is -2.22. The molecule has 0 amide bonds. The number of carbonyl (C=O) groups is 1. The molecule has 1 aliphatic heterocycles. The zero-order chi connectivity index (χ0) is 13.0. The minimum Gasteiger partial charge on any atom is -0.497 e. The molecule has 18 heavy (non-hydrogen) atoms. The normalized spacial score (nSPS) is 24.5. The first-order chi connectivity index (χ1) is 8.72. The highest BCUT2D eigenvalue weighted by molar-refractivity contribution is 5.92. The van der Waals surface area contributed by atoms with Crippen LogP contribution in [0.1, 0.15) is 18.4 Å².